The Balaban J connectivity index is 1.66. The summed E-state index contributed by atoms with van der Waals surface area (Å²) in [7, 11) is 0. The average Bonchev–Trinajstić information content (AvgIpc) is 3.42. The van der Waals surface area contributed by atoms with Crippen LogP contribution in [0.5, 0.6) is 0 Å². The zero-order chi connectivity index (χ0) is 19.3. The van der Waals surface area contributed by atoms with Crippen LogP contribution in [0.3, 0.4) is 0 Å². The fraction of sp³-hybridized carbons (Fsp3) is 0.304. The van der Waals surface area contributed by atoms with Gasteiger partial charge in [-0.25, -0.2) is 0 Å². The van der Waals surface area contributed by atoms with Crippen molar-refractivity contribution in [3.8, 4) is 0 Å². The van der Waals surface area contributed by atoms with Crippen molar-refractivity contribution >= 4 is 23.0 Å². The summed E-state index contributed by atoms with van der Waals surface area (Å²) in [4.78, 5) is 6.91. The molecule has 0 spiro atoms. The van der Waals surface area contributed by atoms with Gasteiger partial charge in [-0.3, -0.25) is 4.98 Å². The van der Waals surface area contributed by atoms with Gasteiger partial charge in [0.05, 0.1) is 17.8 Å². The van der Waals surface area contributed by atoms with E-state index in [1.54, 1.807) is 0 Å². The van der Waals surface area contributed by atoms with E-state index >= 15 is 0 Å². The highest BCUT2D eigenvalue weighted by Crippen LogP contribution is 2.45. The molecule has 0 bridgehead atoms. The molecule has 1 saturated heterocycles. The predicted molar refractivity (Wildman–Crippen MR) is 117 cm³/mol. The van der Waals surface area contributed by atoms with Gasteiger partial charge in [0.15, 0.2) is 5.11 Å². The minimum Gasteiger partial charge on any atom is -0.351 e. The number of hydrogen-bond acceptors (Lipinski definition) is 2. The number of nitrogens with one attached hydrogen (secondary N) is 1. The molecule has 142 valence electrons. The SMILES string of the molecule is Cc1cc([C@H]2[C@@H](c3ccccn3)NC(=S)N2c2ccccc2)c(C)n1C1CC1. The highest BCUT2D eigenvalue weighted by Gasteiger charge is 2.42. The van der Waals surface area contributed by atoms with Crippen LogP contribution in [0, 0.1) is 13.8 Å². The lowest BCUT2D eigenvalue weighted by atomic mass is 9.96. The first kappa shape index (κ1) is 17.4. The summed E-state index contributed by atoms with van der Waals surface area (Å²) in [6.45, 7) is 4.47. The minimum atomic E-state index is 0.0158. The van der Waals surface area contributed by atoms with Crippen LogP contribution >= 0.6 is 12.2 Å². The first-order valence-corrected chi connectivity index (χ1v) is 10.3. The molecule has 0 amide bonds. The lowest BCUT2D eigenvalue weighted by molar-refractivity contribution is 0.562. The fourth-order valence-corrected chi connectivity index (χ4v) is 4.88. The van der Waals surface area contributed by atoms with Crippen LogP contribution in [-0.2, 0) is 0 Å². The van der Waals surface area contributed by atoms with Crippen molar-refractivity contribution in [2.75, 3.05) is 4.90 Å². The molecule has 0 unspecified atom stereocenters. The van der Waals surface area contributed by atoms with Crippen LogP contribution in [0.2, 0.25) is 0 Å². The fourth-order valence-electron chi connectivity index (χ4n) is 4.53. The van der Waals surface area contributed by atoms with Crippen LogP contribution in [0.4, 0.5) is 5.69 Å². The van der Waals surface area contributed by atoms with E-state index in [0.29, 0.717) is 6.04 Å². The second kappa shape index (κ2) is 6.74. The predicted octanol–water partition coefficient (Wildman–Crippen LogP) is 5.01. The van der Waals surface area contributed by atoms with E-state index in [1.807, 2.05) is 24.4 Å². The summed E-state index contributed by atoms with van der Waals surface area (Å²) < 4.78 is 2.51. The zero-order valence-corrected chi connectivity index (χ0v) is 17.0. The molecule has 28 heavy (non-hydrogen) atoms. The van der Waals surface area contributed by atoms with E-state index < -0.39 is 0 Å². The molecule has 3 aromatic rings. The van der Waals surface area contributed by atoms with Crippen molar-refractivity contribution < 1.29 is 0 Å². The van der Waals surface area contributed by atoms with Crippen molar-refractivity contribution in [2.45, 2.75) is 44.8 Å². The zero-order valence-electron chi connectivity index (χ0n) is 16.2. The number of hydrogen-bond donors (Lipinski definition) is 1. The van der Waals surface area contributed by atoms with Crippen LogP contribution < -0.4 is 10.2 Å². The van der Waals surface area contributed by atoms with Gasteiger partial charge >= 0.3 is 0 Å². The van der Waals surface area contributed by atoms with Crippen molar-refractivity contribution in [3.63, 3.8) is 0 Å². The third-order valence-corrected chi connectivity index (χ3v) is 6.20. The molecule has 0 radical (unpaired) electrons. The van der Waals surface area contributed by atoms with E-state index in [9.17, 15) is 0 Å². The molecule has 3 heterocycles. The van der Waals surface area contributed by atoms with Gasteiger partial charge in [-0.15, -0.1) is 0 Å². The number of nitrogens with zero attached hydrogens (tertiary/aromatic N) is 3. The number of para-hydroxylation sites is 1. The van der Waals surface area contributed by atoms with Crippen LogP contribution in [0.15, 0.2) is 60.8 Å². The Kier molecular flexibility index (Phi) is 4.20. The number of aryl methyl sites for hydroxylation is 1. The lowest BCUT2D eigenvalue weighted by Crippen LogP contribution is -2.29. The first-order chi connectivity index (χ1) is 13.6. The molecule has 2 fully saturated rings. The van der Waals surface area contributed by atoms with Crippen LogP contribution in [-0.4, -0.2) is 14.7 Å². The van der Waals surface area contributed by atoms with Gasteiger partial charge in [-0.1, -0.05) is 24.3 Å². The maximum absolute atomic E-state index is 5.80. The maximum atomic E-state index is 5.80. The normalized spacial score (nSPS) is 21.8. The number of aromatic nitrogens is 2. The highest BCUT2D eigenvalue weighted by atomic mass is 32.1. The molecule has 2 aliphatic rings. The van der Waals surface area contributed by atoms with Crippen molar-refractivity contribution in [1.82, 2.24) is 14.9 Å². The van der Waals surface area contributed by atoms with E-state index in [4.69, 9.17) is 12.2 Å². The molecular weight excluding hydrogens is 364 g/mol. The Hall–Kier alpha value is -2.66. The Labute approximate surface area is 171 Å². The minimum absolute atomic E-state index is 0.0158. The summed E-state index contributed by atoms with van der Waals surface area (Å²) in [5, 5.41) is 4.31. The Bertz CT molecular complexity index is 1010. The summed E-state index contributed by atoms with van der Waals surface area (Å²) in [6, 6.07) is 19.6. The van der Waals surface area contributed by atoms with Gasteiger partial charge in [-0.05, 0) is 74.8 Å². The molecule has 4 nitrogen and oxygen atoms in total. The molecular formula is C23H24N4S. The summed E-state index contributed by atoms with van der Waals surface area (Å²) >= 11 is 5.80. The molecule has 1 aromatic carbocycles. The molecule has 1 aliphatic heterocycles. The molecule has 2 aromatic heterocycles. The second-order valence-electron chi connectivity index (χ2n) is 7.76. The number of pyridine rings is 1. The van der Waals surface area contributed by atoms with E-state index in [-0.39, 0.29) is 12.1 Å². The first-order valence-electron chi connectivity index (χ1n) is 9.89. The van der Waals surface area contributed by atoms with Gasteiger partial charge in [-0.2, -0.15) is 0 Å². The van der Waals surface area contributed by atoms with Crippen LogP contribution in [0.25, 0.3) is 0 Å². The molecule has 1 aliphatic carbocycles. The van der Waals surface area contributed by atoms with E-state index in [2.05, 4.69) is 70.0 Å². The topological polar surface area (TPSA) is 33.1 Å². The van der Waals surface area contributed by atoms with Gasteiger partial charge < -0.3 is 14.8 Å². The Morgan fingerprint density at radius 2 is 1.79 bits per heavy atom. The monoisotopic (exact) mass is 388 g/mol. The number of thiocarbonyl (C=S) groups is 1. The summed E-state index contributed by atoms with van der Waals surface area (Å²) in [6.07, 6.45) is 4.42. The lowest BCUT2D eigenvalue weighted by Gasteiger charge is -2.28. The van der Waals surface area contributed by atoms with Gasteiger partial charge in [0.2, 0.25) is 0 Å². The Morgan fingerprint density at radius 1 is 1.04 bits per heavy atom. The third kappa shape index (κ3) is 2.81. The van der Waals surface area contributed by atoms with E-state index in [0.717, 1.165) is 16.5 Å². The maximum Gasteiger partial charge on any atom is 0.174 e. The quantitative estimate of drug-likeness (QED) is 0.637. The third-order valence-electron chi connectivity index (χ3n) is 5.89. The molecule has 1 saturated carbocycles. The smallest absolute Gasteiger partial charge is 0.174 e. The Morgan fingerprint density at radius 3 is 2.46 bits per heavy atom. The molecule has 2 atom stereocenters. The second-order valence-corrected chi connectivity index (χ2v) is 8.15. The van der Waals surface area contributed by atoms with Crippen molar-refractivity contribution in [1.29, 1.82) is 0 Å². The highest BCUT2D eigenvalue weighted by molar-refractivity contribution is 7.80. The average molecular weight is 389 g/mol. The summed E-state index contributed by atoms with van der Waals surface area (Å²) in [5.41, 5.74) is 6.14. The number of anilines is 1. The summed E-state index contributed by atoms with van der Waals surface area (Å²) in [5.74, 6) is 0. The van der Waals surface area contributed by atoms with Gasteiger partial charge in [0.25, 0.3) is 0 Å². The van der Waals surface area contributed by atoms with Crippen molar-refractivity contribution in [3.05, 3.63) is 83.4 Å². The van der Waals surface area contributed by atoms with Gasteiger partial charge in [0.1, 0.15) is 0 Å². The number of rotatable bonds is 4. The molecule has 5 heteroatoms. The van der Waals surface area contributed by atoms with E-state index in [1.165, 1.54) is 29.8 Å². The van der Waals surface area contributed by atoms with Crippen LogP contribution in [0.1, 0.15) is 53.6 Å². The number of benzene rings is 1. The standard InChI is InChI=1S/C23H24N4S/c1-15-14-19(16(2)26(15)18-11-12-18)22-21(20-10-6-7-13-24-20)25-23(28)27(22)17-8-4-3-5-9-17/h3-10,13-14,18,21-22H,11-12H2,1-2H3,(H,25,28)/t21-,22+/m1/s1. The van der Waals surface area contributed by atoms with Gasteiger partial charge in [0, 0.05) is 29.3 Å². The largest absolute Gasteiger partial charge is 0.351 e. The molecule has 1 N–H and O–H groups in total. The molecule has 5 rings (SSSR count). The van der Waals surface area contributed by atoms with Crippen molar-refractivity contribution in [2.24, 2.45) is 0 Å².